The number of carboxylic acids is 1. The molecule has 0 saturated heterocycles. The number of hydrogen-bond donors (Lipinski definition) is 2. The number of nitro groups is 1. The van der Waals surface area contributed by atoms with Gasteiger partial charge < -0.3 is 20.1 Å². The third kappa shape index (κ3) is 7.91. The van der Waals surface area contributed by atoms with Crippen LogP contribution in [0.4, 0.5) is 16.2 Å². The van der Waals surface area contributed by atoms with Crippen LogP contribution in [0.5, 0.6) is 0 Å². The van der Waals surface area contributed by atoms with Gasteiger partial charge in [0.25, 0.3) is 5.69 Å². The number of nitrogens with zero attached hydrogens (tertiary/aromatic N) is 2. The Bertz CT molecular complexity index is 995. The number of unbranched alkanes of at least 4 members (excludes halogenated alkanes) is 1. The van der Waals surface area contributed by atoms with Crippen molar-refractivity contribution in [3.05, 3.63) is 69.8 Å². The predicted molar refractivity (Wildman–Crippen MR) is 121 cm³/mol. The molecule has 1 atom stereocenters. The number of Topliss-reactive ketones (excluding diaryl/α,β-unsaturated/α-hetero) is 1. The molecule has 0 aromatic heterocycles. The van der Waals surface area contributed by atoms with Gasteiger partial charge in [-0.15, -0.1) is 0 Å². The zero-order valence-electron chi connectivity index (χ0n) is 18.5. The third-order valence-corrected chi connectivity index (χ3v) is 5.03. The number of ether oxygens (including phenoxy) is 1. The maximum Gasteiger partial charge on any atom is 0.408 e. The fourth-order valence-electron chi connectivity index (χ4n) is 3.19. The highest BCUT2D eigenvalue weighted by Crippen LogP contribution is 2.29. The van der Waals surface area contributed by atoms with Crippen LogP contribution in [0.3, 0.4) is 0 Å². The van der Waals surface area contributed by atoms with Gasteiger partial charge in [0.05, 0.1) is 4.92 Å². The van der Waals surface area contributed by atoms with Crippen molar-refractivity contribution in [3.63, 3.8) is 0 Å². The number of carboxylic acid groups (broad SMARTS) is 1. The van der Waals surface area contributed by atoms with Gasteiger partial charge in [-0.05, 0) is 43.9 Å². The lowest BCUT2D eigenvalue weighted by atomic mass is 10.1. The van der Waals surface area contributed by atoms with Gasteiger partial charge in [0, 0.05) is 25.2 Å². The van der Waals surface area contributed by atoms with E-state index in [0.717, 1.165) is 5.56 Å². The average Bonchev–Trinajstić information content (AvgIpc) is 2.79. The number of amides is 1. The summed E-state index contributed by atoms with van der Waals surface area (Å²) in [7, 11) is 1.68. The summed E-state index contributed by atoms with van der Waals surface area (Å²) in [6.07, 6.45) is 0.353. The summed E-state index contributed by atoms with van der Waals surface area (Å²) in [4.78, 5) is 47.5. The van der Waals surface area contributed by atoms with Gasteiger partial charge in [0.15, 0.2) is 5.78 Å². The number of alkyl carbamates (subject to hydrolysis) is 1. The smallest absolute Gasteiger partial charge is 0.408 e. The van der Waals surface area contributed by atoms with Crippen LogP contribution in [0.2, 0.25) is 0 Å². The summed E-state index contributed by atoms with van der Waals surface area (Å²) < 4.78 is 5.06. The zero-order valence-corrected chi connectivity index (χ0v) is 18.5. The van der Waals surface area contributed by atoms with E-state index in [0.29, 0.717) is 25.1 Å². The summed E-state index contributed by atoms with van der Waals surface area (Å²) in [5, 5.41) is 23.1. The van der Waals surface area contributed by atoms with Crippen LogP contribution in [0.25, 0.3) is 0 Å². The first-order valence-corrected chi connectivity index (χ1v) is 10.4. The molecule has 0 saturated carbocycles. The van der Waals surface area contributed by atoms with Crippen LogP contribution in [-0.2, 0) is 16.1 Å². The maximum absolute atomic E-state index is 11.9. The zero-order chi connectivity index (χ0) is 24.4. The second-order valence-corrected chi connectivity index (χ2v) is 7.53. The normalized spacial score (nSPS) is 11.3. The molecule has 2 aromatic carbocycles. The molecule has 0 radical (unpaired) electrons. The van der Waals surface area contributed by atoms with E-state index in [9.17, 15) is 29.6 Å². The van der Waals surface area contributed by atoms with Gasteiger partial charge >= 0.3 is 12.1 Å². The van der Waals surface area contributed by atoms with Crippen LogP contribution >= 0.6 is 0 Å². The number of carbonyl (C=O) groups is 3. The first-order valence-electron chi connectivity index (χ1n) is 10.4. The van der Waals surface area contributed by atoms with Crippen molar-refractivity contribution in [2.75, 3.05) is 18.5 Å². The minimum atomic E-state index is -1.17. The molecule has 0 aliphatic heterocycles. The Kier molecular flexibility index (Phi) is 9.34. The average molecular weight is 457 g/mol. The molecule has 176 valence electrons. The lowest BCUT2D eigenvalue weighted by Gasteiger charge is -2.20. The molecule has 33 heavy (non-hydrogen) atoms. The minimum absolute atomic E-state index is 0.0327. The summed E-state index contributed by atoms with van der Waals surface area (Å²) in [6, 6.07) is 12.2. The fourth-order valence-corrected chi connectivity index (χ4v) is 3.19. The van der Waals surface area contributed by atoms with E-state index >= 15 is 0 Å². The van der Waals surface area contributed by atoms with Gasteiger partial charge in [-0.2, -0.15) is 0 Å². The van der Waals surface area contributed by atoms with Crippen molar-refractivity contribution >= 4 is 29.2 Å². The summed E-state index contributed by atoms with van der Waals surface area (Å²) >= 11 is 0. The molecule has 1 amide bonds. The molecular weight excluding hydrogens is 430 g/mol. The Hall–Kier alpha value is -3.95. The highest BCUT2D eigenvalue weighted by atomic mass is 16.6. The van der Waals surface area contributed by atoms with Crippen molar-refractivity contribution in [2.24, 2.45) is 0 Å². The number of ketones is 1. The quantitative estimate of drug-likeness (QED) is 0.212. The third-order valence-electron chi connectivity index (χ3n) is 5.03. The van der Waals surface area contributed by atoms with Crippen LogP contribution in [-0.4, -0.2) is 47.5 Å². The van der Waals surface area contributed by atoms with E-state index in [1.54, 1.807) is 36.2 Å². The highest BCUT2D eigenvalue weighted by molar-refractivity contribution is 5.95. The van der Waals surface area contributed by atoms with Crippen molar-refractivity contribution in [1.82, 2.24) is 5.32 Å². The Labute approximate surface area is 191 Å². The van der Waals surface area contributed by atoms with Crippen LogP contribution in [0.15, 0.2) is 48.5 Å². The molecule has 10 nitrogen and oxygen atoms in total. The van der Waals surface area contributed by atoms with E-state index in [1.165, 1.54) is 25.1 Å². The van der Waals surface area contributed by atoms with Crippen molar-refractivity contribution in [1.29, 1.82) is 0 Å². The molecule has 0 bridgehead atoms. The first kappa shape index (κ1) is 25.3. The number of anilines is 1. The molecule has 10 heteroatoms. The monoisotopic (exact) mass is 457 g/mol. The summed E-state index contributed by atoms with van der Waals surface area (Å²) in [5.74, 6) is -1.43. The van der Waals surface area contributed by atoms with E-state index in [1.807, 2.05) is 6.07 Å². The van der Waals surface area contributed by atoms with Gasteiger partial charge in [-0.1, -0.05) is 30.3 Å². The van der Waals surface area contributed by atoms with Crippen molar-refractivity contribution < 1.29 is 29.2 Å². The molecule has 0 fully saturated rings. The molecule has 0 heterocycles. The number of hydrogen-bond acceptors (Lipinski definition) is 7. The molecule has 0 aliphatic rings. The van der Waals surface area contributed by atoms with Crippen LogP contribution in [0.1, 0.15) is 42.1 Å². The van der Waals surface area contributed by atoms with E-state index in [-0.39, 0.29) is 30.1 Å². The number of rotatable bonds is 12. The van der Waals surface area contributed by atoms with Crippen LogP contribution in [0, 0.1) is 10.1 Å². The van der Waals surface area contributed by atoms with Crippen molar-refractivity contribution in [2.45, 2.75) is 38.8 Å². The van der Waals surface area contributed by atoms with Gasteiger partial charge in [0.2, 0.25) is 0 Å². The first-order chi connectivity index (χ1) is 15.7. The van der Waals surface area contributed by atoms with E-state index in [2.05, 4.69) is 5.32 Å². The lowest BCUT2D eigenvalue weighted by Crippen LogP contribution is -2.41. The minimum Gasteiger partial charge on any atom is -0.480 e. The molecule has 2 aromatic rings. The Morgan fingerprint density at radius 3 is 2.45 bits per heavy atom. The van der Waals surface area contributed by atoms with Gasteiger partial charge in [0.1, 0.15) is 18.3 Å². The molecule has 2 rings (SSSR count). The fraction of sp³-hybridized carbons (Fsp3) is 0.348. The second-order valence-electron chi connectivity index (χ2n) is 7.53. The topological polar surface area (TPSA) is 139 Å². The van der Waals surface area contributed by atoms with Gasteiger partial charge in [-0.25, -0.2) is 9.59 Å². The molecule has 0 unspecified atom stereocenters. The summed E-state index contributed by atoms with van der Waals surface area (Å²) in [5.41, 5.74) is 1.24. The number of nitro benzene ring substituents is 1. The number of carbonyl (C=O) groups excluding carboxylic acids is 2. The molecular formula is C23H27N3O7. The van der Waals surface area contributed by atoms with Crippen molar-refractivity contribution in [3.8, 4) is 0 Å². The maximum atomic E-state index is 11.9. The second kappa shape index (κ2) is 12.2. The summed E-state index contributed by atoms with van der Waals surface area (Å²) in [6.45, 7) is 1.79. The Morgan fingerprint density at radius 2 is 1.85 bits per heavy atom. The highest BCUT2D eigenvalue weighted by Gasteiger charge is 2.22. The van der Waals surface area contributed by atoms with E-state index in [4.69, 9.17) is 4.74 Å². The number of benzene rings is 2. The number of aliphatic carboxylic acids is 1. The Balaban J connectivity index is 1.84. The van der Waals surface area contributed by atoms with Crippen LogP contribution < -0.4 is 10.2 Å². The number of nitrogens with one attached hydrogen (secondary N) is 1. The Morgan fingerprint density at radius 1 is 1.15 bits per heavy atom. The molecule has 2 N–H and O–H groups in total. The standard InChI is InChI=1S/C23H27N3O7/c1-16(27)18-11-12-20(21(14-18)26(31)32)25(2)13-7-6-10-19(22(28)29)24-23(30)33-15-17-8-4-3-5-9-17/h3-5,8-9,11-12,14,19H,6-7,10,13,15H2,1-2H3,(H,24,30)(H,28,29)/t19-/m0/s1. The molecule has 0 spiro atoms. The SMILES string of the molecule is CC(=O)c1ccc(N(C)CCCC[C@H](NC(=O)OCc2ccccc2)C(=O)O)c([N+](=O)[O-])c1. The van der Waals surface area contributed by atoms with Gasteiger partial charge in [-0.3, -0.25) is 14.9 Å². The largest absolute Gasteiger partial charge is 0.480 e. The van der Waals surface area contributed by atoms with E-state index < -0.39 is 23.0 Å². The molecule has 0 aliphatic carbocycles. The lowest BCUT2D eigenvalue weighted by molar-refractivity contribution is -0.384. The predicted octanol–water partition coefficient (Wildman–Crippen LogP) is 3.78.